The lowest BCUT2D eigenvalue weighted by atomic mass is 10.1. The van der Waals surface area contributed by atoms with E-state index in [1.165, 1.54) is 38.5 Å². The van der Waals surface area contributed by atoms with Gasteiger partial charge in [-0.3, -0.25) is 4.57 Å². The van der Waals surface area contributed by atoms with Gasteiger partial charge in [-0.25, -0.2) is 9.78 Å². The van der Waals surface area contributed by atoms with Gasteiger partial charge in [0.15, 0.2) is 0 Å². The molecule has 100 valence electrons. The number of nitrogens with one attached hydrogen (secondary N) is 1. The molecule has 1 fully saturated rings. The minimum Gasteiger partial charge on any atom is -0.312 e. The Morgan fingerprint density at radius 1 is 1.33 bits per heavy atom. The number of hydrogen-bond acceptors (Lipinski definition) is 3. The van der Waals surface area contributed by atoms with Crippen molar-refractivity contribution in [2.24, 2.45) is 0 Å². The molecule has 1 saturated carbocycles. The van der Waals surface area contributed by atoms with E-state index in [-0.39, 0.29) is 5.69 Å². The molecular weight excluding hydrogens is 226 g/mol. The van der Waals surface area contributed by atoms with E-state index in [0.717, 1.165) is 12.1 Å². The Labute approximate surface area is 108 Å². The molecule has 2 rings (SSSR count). The Bertz CT molecular complexity index is 419. The number of aromatic nitrogens is 2. The number of rotatable bonds is 4. The largest absolute Gasteiger partial charge is 0.347 e. The van der Waals surface area contributed by atoms with Gasteiger partial charge in [0.05, 0.1) is 0 Å². The van der Waals surface area contributed by atoms with Gasteiger partial charge in [0.25, 0.3) is 0 Å². The van der Waals surface area contributed by atoms with Crippen molar-refractivity contribution in [1.82, 2.24) is 14.9 Å². The standard InChI is InChI=1S/C14H23N3O/c1-12-10-16-14(18)17(11-12)9-8-15-13-6-4-2-3-5-7-13/h10-11,13,15H,2-9H2,1H3. The van der Waals surface area contributed by atoms with E-state index in [9.17, 15) is 4.79 Å². The molecular formula is C14H23N3O. The van der Waals surface area contributed by atoms with Crippen LogP contribution in [0.3, 0.4) is 0 Å². The maximum Gasteiger partial charge on any atom is 0.347 e. The van der Waals surface area contributed by atoms with E-state index >= 15 is 0 Å². The van der Waals surface area contributed by atoms with Gasteiger partial charge in [-0.15, -0.1) is 0 Å². The van der Waals surface area contributed by atoms with Crippen molar-refractivity contribution in [3.63, 3.8) is 0 Å². The predicted molar refractivity (Wildman–Crippen MR) is 72.7 cm³/mol. The molecule has 0 radical (unpaired) electrons. The summed E-state index contributed by atoms with van der Waals surface area (Å²) < 4.78 is 1.69. The number of hydrogen-bond donors (Lipinski definition) is 1. The van der Waals surface area contributed by atoms with Crippen LogP contribution in [0.25, 0.3) is 0 Å². The first-order valence-corrected chi connectivity index (χ1v) is 7.02. The van der Waals surface area contributed by atoms with E-state index in [4.69, 9.17) is 0 Å². The Hall–Kier alpha value is -1.16. The lowest BCUT2D eigenvalue weighted by Gasteiger charge is -2.16. The molecule has 18 heavy (non-hydrogen) atoms. The Kier molecular flexibility index (Phi) is 4.93. The quantitative estimate of drug-likeness (QED) is 0.829. The van der Waals surface area contributed by atoms with E-state index in [1.807, 2.05) is 13.1 Å². The van der Waals surface area contributed by atoms with Crippen molar-refractivity contribution in [2.75, 3.05) is 6.54 Å². The minimum atomic E-state index is -0.150. The summed E-state index contributed by atoms with van der Waals surface area (Å²) in [4.78, 5) is 15.4. The Balaban J connectivity index is 1.80. The topological polar surface area (TPSA) is 46.9 Å². The molecule has 1 aliphatic carbocycles. The van der Waals surface area contributed by atoms with Crippen molar-refractivity contribution in [3.05, 3.63) is 28.4 Å². The third-order valence-corrected chi connectivity index (χ3v) is 3.62. The molecule has 1 heterocycles. The van der Waals surface area contributed by atoms with E-state index < -0.39 is 0 Å². The van der Waals surface area contributed by atoms with Crippen LogP contribution >= 0.6 is 0 Å². The maximum atomic E-state index is 11.5. The fraction of sp³-hybridized carbons (Fsp3) is 0.714. The molecule has 0 aromatic carbocycles. The van der Waals surface area contributed by atoms with Crippen LogP contribution in [-0.2, 0) is 6.54 Å². The van der Waals surface area contributed by atoms with E-state index in [1.54, 1.807) is 10.8 Å². The van der Waals surface area contributed by atoms with Crippen LogP contribution in [-0.4, -0.2) is 22.1 Å². The highest BCUT2D eigenvalue weighted by Gasteiger charge is 2.10. The zero-order valence-electron chi connectivity index (χ0n) is 11.2. The fourth-order valence-corrected chi connectivity index (χ4v) is 2.60. The normalized spacial score (nSPS) is 17.6. The second kappa shape index (κ2) is 6.69. The summed E-state index contributed by atoms with van der Waals surface area (Å²) in [5.41, 5.74) is 0.882. The number of aryl methyl sites for hydroxylation is 1. The molecule has 0 spiro atoms. The van der Waals surface area contributed by atoms with Gasteiger partial charge < -0.3 is 5.32 Å². The lowest BCUT2D eigenvalue weighted by Crippen LogP contribution is -2.34. The van der Waals surface area contributed by atoms with Crippen molar-refractivity contribution in [3.8, 4) is 0 Å². The van der Waals surface area contributed by atoms with Crippen molar-refractivity contribution in [1.29, 1.82) is 0 Å². The monoisotopic (exact) mass is 249 g/mol. The van der Waals surface area contributed by atoms with Gasteiger partial charge in [-0.1, -0.05) is 25.7 Å². The van der Waals surface area contributed by atoms with E-state index in [0.29, 0.717) is 12.6 Å². The molecule has 1 N–H and O–H groups in total. The summed E-state index contributed by atoms with van der Waals surface area (Å²) in [6.07, 6.45) is 11.5. The van der Waals surface area contributed by atoms with Crippen molar-refractivity contribution < 1.29 is 0 Å². The molecule has 1 aliphatic rings. The molecule has 1 aromatic heterocycles. The fourth-order valence-electron chi connectivity index (χ4n) is 2.60. The number of nitrogens with zero attached hydrogens (tertiary/aromatic N) is 2. The second-order valence-electron chi connectivity index (χ2n) is 5.25. The van der Waals surface area contributed by atoms with E-state index in [2.05, 4.69) is 10.3 Å². The molecule has 0 amide bonds. The highest BCUT2D eigenvalue weighted by Crippen LogP contribution is 2.16. The lowest BCUT2D eigenvalue weighted by molar-refractivity contribution is 0.441. The first kappa shape index (κ1) is 13.3. The van der Waals surface area contributed by atoms with Gasteiger partial charge in [-0.05, 0) is 25.3 Å². The highest BCUT2D eigenvalue weighted by molar-refractivity contribution is 4.99. The minimum absolute atomic E-state index is 0.150. The molecule has 1 aromatic rings. The summed E-state index contributed by atoms with van der Waals surface area (Å²) in [7, 11) is 0. The van der Waals surface area contributed by atoms with Crippen LogP contribution < -0.4 is 11.0 Å². The van der Waals surface area contributed by atoms with Crippen LogP contribution in [0.1, 0.15) is 44.1 Å². The first-order valence-electron chi connectivity index (χ1n) is 7.02. The van der Waals surface area contributed by atoms with Gasteiger partial charge in [0.2, 0.25) is 0 Å². The Morgan fingerprint density at radius 2 is 2.06 bits per heavy atom. The average molecular weight is 249 g/mol. The average Bonchev–Trinajstić information content (AvgIpc) is 2.62. The third kappa shape index (κ3) is 3.95. The molecule has 0 unspecified atom stereocenters. The molecule has 0 aliphatic heterocycles. The van der Waals surface area contributed by atoms with Gasteiger partial charge in [0, 0.05) is 31.5 Å². The second-order valence-corrected chi connectivity index (χ2v) is 5.25. The highest BCUT2D eigenvalue weighted by atomic mass is 16.1. The SMILES string of the molecule is Cc1cnc(=O)n(CCNC2CCCCCC2)c1. The van der Waals surface area contributed by atoms with Crippen LogP contribution in [0.4, 0.5) is 0 Å². The molecule has 4 heteroatoms. The summed E-state index contributed by atoms with van der Waals surface area (Å²) in [5.74, 6) is 0. The first-order chi connectivity index (χ1) is 8.75. The summed E-state index contributed by atoms with van der Waals surface area (Å²) in [5, 5.41) is 3.57. The summed E-state index contributed by atoms with van der Waals surface area (Å²) >= 11 is 0. The maximum absolute atomic E-state index is 11.5. The molecule has 4 nitrogen and oxygen atoms in total. The molecule has 0 saturated heterocycles. The van der Waals surface area contributed by atoms with Crippen LogP contribution in [0, 0.1) is 6.92 Å². The third-order valence-electron chi connectivity index (χ3n) is 3.62. The van der Waals surface area contributed by atoms with Crippen LogP contribution in [0.15, 0.2) is 17.2 Å². The Morgan fingerprint density at radius 3 is 2.78 bits per heavy atom. The predicted octanol–water partition coefficient (Wildman–Crippen LogP) is 1.86. The zero-order chi connectivity index (χ0) is 12.8. The molecule has 0 atom stereocenters. The zero-order valence-corrected chi connectivity index (χ0v) is 11.2. The van der Waals surface area contributed by atoms with Crippen molar-refractivity contribution >= 4 is 0 Å². The van der Waals surface area contributed by atoms with Gasteiger partial charge in [0.1, 0.15) is 0 Å². The van der Waals surface area contributed by atoms with Crippen LogP contribution in [0.5, 0.6) is 0 Å². The smallest absolute Gasteiger partial charge is 0.312 e. The van der Waals surface area contributed by atoms with Crippen molar-refractivity contribution in [2.45, 2.75) is 58.0 Å². The van der Waals surface area contributed by atoms with Gasteiger partial charge in [-0.2, -0.15) is 0 Å². The molecule has 0 bridgehead atoms. The van der Waals surface area contributed by atoms with Gasteiger partial charge >= 0.3 is 5.69 Å². The summed E-state index contributed by atoms with van der Waals surface area (Å²) in [6.45, 7) is 3.53. The van der Waals surface area contributed by atoms with Crippen LogP contribution in [0.2, 0.25) is 0 Å². The summed E-state index contributed by atoms with van der Waals surface area (Å²) in [6, 6.07) is 0.640.